The predicted molar refractivity (Wildman–Crippen MR) is 61.9 cm³/mol. The fraction of sp³-hybridized carbons (Fsp3) is 0.0909. The van der Waals surface area contributed by atoms with E-state index in [0.29, 0.717) is 0 Å². The Bertz CT molecular complexity index is 691. The maximum absolute atomic E-state index is 13.7. The van der Waals surface area contributed by atoms with Gasteiger partial charge in [0.2, 0.25) is 0 Å². The van der Waals surface area contributed by atoms with Gasteiger partial charge in [0.1, 0.15) is 11.6 Å². The molecule has 1 heterocycles. The zero-order valence-electron chi connectivity index (χ0n) is 8.83. The second-order valence-corrected chi connectivity index (χ2v) is 3.92. The summed E-state index contributed by atoms with van der Waals surface area (Å²) in [5.74, 6) is -1.14. The second kappa shape index (κ2) is 4.21. The minimum absolute atomic E-state index is 0.0136. The number of nitrogens with zero attached hydrogens (tertiary/aromatic N) is 1. The fourth-order valence-electron chi connectivity index (χ4n) is 1.43. The number of aromatic nitrogens is 2. The Morgan fingerprint density at radius 2 is 2.00 bits per heavy atom. The summed E-state index contributed by atoms with van der Waals surface area (Å²) >= 11 is 4.88. The molecule has 0 saturated carbocycles. The molecule has 6 heteroatoms. The number of benzene rings is 1. The van der Waals surface area contributed by atoms with Crippen molar-refractivity contribution < 1.29 is 8.78 Å². The topological polar surface area (TPSA) is 37.8 Å². The van der Waals surface area contributed by atoms with Gasteiger partial charge < -0.3 is 0 Å². The Labute approximate surface area is 100 Å². The maximum atomic E-state index is 13.7. The Morgan fingerprint density at radius 3 is 2.65 bits per heavy atom. The number of aryl methyl sites for hydroxylation is 1. The predicted octanol–water partition coefficient (Wildman–Crippen LogP) is 2.48. The first-order valence-electron chi connectivity index (χ1n) is 4.77. The van der Waals surface area contributed by atoms with Crippen LogP contribution >= 0.6 is 12.2 Å². The van der Waals surface area contributed by atoms with Crippen LogP contribution in [-0.2, 0) is 0 Å². The zero-order chi connectivity index (χ0) is 12.6. The number of hydrogen-bond acceptors (Lipinski definition) is 2. The van der Waals surface area contributed by atoms with Crippen molar-refractivity contribution in [3.05, 3.63) is 56.7 Å². The van der Waals surface area contributed by atoms with Crippen molar-refractivity contribution >= 4 is 12.2 Å². The SMILES string of the molecule is Cc1cc(F)c(-n2ccc(=O)[nH]c2=S)cc1F. The first kappa shape index (κ1) is 11.7. The first-order chi connectivity index (χ1) is 7.99. The standard InChI is InChI=1S/C11H8F2N2OS/c1-6-4-8(13)9(5-7(6)12)15-3-2-10(16)14-11(15)17/h2-5H,1H3,(H,14,16,17). The molecule has 1 aromatic carbocycles. The minimum atomic E-state index is -0.605. The highest BCUT2D eigenvalue weighted by Crippen LogP contribution is 2.17. The highest BCUT2D eigenvalue weighted by atomic mass is 32.1. The van der Waals surface area contributed by atoms with Gasteiger partial charge in [-0.05, 0) is 30.8 Å². The molecule has 0 amide bonds. The van der Waals surface area contributed by atoms with Crippen LogP contribution in [0.25, 0.3) is 5.69 Å². The van der Waals surface area contributed by atoms with E-state index in [2.05, 4.69) is 4.98 Å². The van der Waals surface area contributed by atoms with E-state index in [1.807, 2.05) is 0 Å². The molecule has 2 rings (SSSR count). The van der Waals surface area contributed by atoms with Crippen LogP contribution in [0.2, 0.25) is 0 Å². The summed E-state index contributed by atoms with van der Waals surface area (Å²) in [7, 11) is 0. The van der Waals surface area contributed by atoms with Crippen LogP contribution in [0, 0.1) is 23.3 Å². The number of rotatable bonds is 1. The van der Waals surface area contributed by atoms with E-state index in [0.717, 1.165) is 12.1 Å². The van der Waals surface area contributed by atoms with Gasteiger partial charge in [-0.2, -0.15) is 0 Å². The van der Waals surface area contributed by atoms with Crippen LogP contribution in [0.3, 0.4) is 0 Å². The lowest BCUT2D eigenvalue weighted by atomic mass is 10.2. The summed E-state index contributed by atoms with van der Waals surface area (Å²) in [5, 5.41) is 0. The van der Waals surface area contributed by atoms with Crippen molar-refractivity contribution in [3.63, 3.8) is 0 Å². The molecule has 0 atom stereocenters. The smallest absolute Gasteiger partial charge is 0.251 e. The van der Waals surface area contributed by atoms with E-state index in [1.165, 1.54) is 23.8 Å². The van der Waals surface area contributed by atoms with E-state index < -0.39 is 11.6 Å². The lowest BCUT2D eigenvalue weighted by Crippen LogP contribution is -2.11. The van der Waals surface area contributed by atoms with Crippen LogP contribution in [0.15, 0.2) is 29.2 Å². The third-order valence-corrected chi connectivity index (χ3v) is 2.61. The average molecular weight is 254 g/mol. The van der Waals surface area contributed by atoms with Crippen molar-refractivity contribution in [2.45, 2.75) is 6.92 Å². The van der Waals surface area contributed by atoms with Crippen LogP contribution in [-0.4, -0.2) is 9.55 Å². The molecule has 0 aliphatic carbocycles. The van der Waals surface area contributed by atoms with E-state index in [9.17, 15) is 13.6 Å². The Hall–Kier alpha value is -1.82. The van der Waals surface area contributed by atoms with Crippen molar-refractivity contribution in [1.82, 2.24) is 9.55 Å². The van der Waals surface area contributed by atoms with Gasteiger partial charge in [0, 0.05) is 18.3 Å². The summed E-state index contributed by atoms with van der Waals surface area (Å²) in [4.78, 5) is 13.3. The number of hydrogen-bond donors (Lipinski definition) is 1. The molecular weight excluding hydrogens is 246 g/mol. The monoisotopic (exact) mass is 254 g/mol. The number of halogens is 2. The van der Waals surface area contributed by atoms with E-state index in [-0.39, 0.29) is 21.6 Å². The van der Waals surface area contributed by atoms with E-state index >= 15 is 0 Å². The number of nitrogens with one attached hydrogen (secondary N) is 1. The molecule has 0 radical (unpaired) electrons. The molecule has 17 heavy (non-hydrogen) atoms. The minimum Gasteiger partial charge on any atom is -0.299 e. The van der Waals surface area contributed by atoms with Gasteiger partial charge in [-0.3, -0.25) is 14.3 Å². The quantitative estimate of drug-likeness (QED) is 0.794. The average Bonchev–Trinajstić information content (AvgIpc) is 2.24. The molecule has 2 aromatic rings. The first-order valence-corrected chi connectivity index (χ1v) is 5.18. The summed E-state index contributed by atoms with van der Waals surface area (Å²) in [6.07, 6.45) is 1.30. The summed E-state index contributed by atoms with van der Waals surface area (Å²) in [6, 6.07) is 3.31. The zero-order valence-corrected chi connectivity index (χ0v) is 9.65. The highest BCUT2D eigenvalue weighted by Gasteiger charge is 2.09. The van der Waals surface area contributed by atoms with Crippen molar-refractivity contribution in [1.29, 1.82) is 0 Å². The largest absolute Gasteiger partial charge is 0.299 e. The Balaban J connectivity index is 2.73. The summed E-state index contributed by atoms with van der Waals surface area (Å²) in [5.41, 5.74) is -0.212. The van der Waals surface area contributed by atoms with Gasteiger partial charge in [0.05, 0.1) is 5.69 Å². The maximum Gasteiger partial charge on any atom is 0.251 e. The number of aromatic amines is 1. The lowest BCUT2D eigenvalue weighted by molar-refractivity contribution is 0.584. The van der Waals surface area contributed by atoms with Gasteiger partial charge in [-0.15, -0.1) is 0 Å². The molecule has 0 aliphatic heterocycles. The molecule has 3 nitrogen and oxygen atoms in total. The van der Waals surface area contributed by atoms with Gasteiger partial charge in [-0.1, -0.05) is 0 Å². The third-order valence-electron chi connectivity index (χ3n) is 2.31. The summed E-state index contributed by atoms with van der Waals surface area (Å²) < 4.78 is 28.3. The van der Waals surface area contributed by atoms with Crippen LogP contribution in [0.1, 0.15) is 5.56 Å². The van der Waals surface area contributed by atoms with Gasteiger partial charge >= 0.3 is 0 Å². The van der Waals surface area contributed by atoms with Gasteiger partial charge in [0.15, 0.2) is 4.77 Å². The van der Waals surface area contributed by atoms with Crippen LogP contribution in [0.4, 0.5) is 8.78 Å². The molecule has 0 bridgehead atoms. The molecule has 0 fully saturated rings. The molecule has 1 N–H and O–H groups in total. The van der Waals surface area contributed by atoms with Gasteiger partial charge in [0.25, 0.3) is 5.56 Å². The van der Waals surface area contributed by atoms with Crippen LogP contribution < -0.4 is 5.56 Å². The molecule has 88 valence electrons. The van der Waals surface area contributed by atoms with E-state index in [1.54, 1.807) is 0 Å². The molecular formula is C11H8F2N2OS. The number of H-pyrrole nitrogens is 1. The Kier molecular flexibility index (Phi) is 2.89. The van der Waals surface area contributed by atoms with E-state index in [4.69, 9.17) is 12.2 Å². The lowest BCUT2D eigenvalue weighted by Gasteiger charge is -2.08. The molecule has 0 aliphatic rings. The van der Waals surface area contributed by atoms with Crippen molar-refractivity contribution in [2.75, 3.05) is 0 Å². The summed E-state index contributed by atoms with van der Waals surface area (Å²) in [6.45, 7) is 1.47. The van der Waals surface area contributed by atoms with Crippen LogP contribution in [0.5, 0.6) is 0 Å². The van der Waals surface area contributed by atoms with Crippen molar-refractivity contribution in [2.24, 2.45) is 0 Å². The molecule has 1 aromatic heterocycles. The molecule has 0 saturated heterocycles. The van der Waals surface area contributed by atoms with Crippen molar-refractivity contribution in [3.8, 4) is 5.69 Å². The fourth-order valence-corrected chi connectivity index (χ4v) is 1.69. The second-order valence-electron chi connectivity index (χ2n) is 3.53. The van der Waals surface area contributed by atoms with Gasteiger partial charge in [-0.25, -0.2) is 8.78 Å². The molecule has 0 spiro atoms. The molecule has 0 unspecified atom stereocenters. The third kappa shape index (κ3) is 2.16. The highest BCUT2D eigenvalue weighted by molar-refractivity contribution is 7.71. The Morgan fingerprint density at radius 1 is 1.29 bits per heavy atom. The normalized spacial score (nSPS) is 10.5.